The first kappa shape index (κ1) is 19.4. The molecule has 0 radical (unpaired) electrons. The van der Waals surface area contributed by atoms with Crippen molar-refractivity contribution in [1.29, 1.82) is 0 Å². The summed E-state index contributed by atoms with van der Waals surface area (Å²) in [5, 5.41) is 19.7. The number of rotatable bonds is 8. The minimum atomic E-state index is -0.513. The van der Waals surface area contributed by atoms with E-state index >= 15 is 0 Å². The van der Waals surface area contributed by atoms with Gasteiger partial charge in [-0.25, -0.2) is 0 Å². The van der Waals surface area contributed by atoms with Gasteiger partial charge in [-0.05, 0) is 29.5 Å². The predicted octanol–water partition coefficient (Wildman–Crippen LogP) is 2.36. The van der Waals surface area contributed by atoms with Gasteiger partial charge >= 0.3 is 0 Å². The van der Waals surface area contributed by atoms with Gasteiger partial charge in [-0.1, -0.05) is 6.07 Å². The minimum Gasteiger partial charge on any atom is -0.396 e. The Kier molecular flexibility index (Phi) is 7.00. The number of thioether (sulfide) groups is 2. The number of methoxy groups -OCH3 is 1. The third kappa shape index (κ3) is 4.82. The van der Waals surface area contributed by atoms with Gasteiger partial charge in [-0.3, -0.25) is 24.6 Å². The summed E-state index contributed by atoms with van der Waals surface area (Å²) in [6.45, 7) is 0.321. The number of benzene rings is 1. The molecule has 10 heteroatoms. The Hall–Kier alpha value is -1.88. The third-order valence-corrected chi connectivity index (χ3v) is 5.17. The molecule has 1 aromatic rings. The largest absolute Gasteiger partial charge is 0.396 e. The van der Waals surface area contributed by atoms with Crippen molar-refractivity contribution < 1.29 is 24.4 Å². The first-order valence-electron chi connectivity index (χ1n) is 7.24. The maximum atomic E-state index is 12.2. The van der Waals surface area contributed by atoms with Crippen molar-refractivity contribution in [1.82, 2.24) is 4.90 Å². The van der Waals surface area contributed by atoms with Crippen molar-refractivity contribution in [3.63, 3.8) is 0 Å². The van der Waals surface area contributed by atoms with E-state index in [0.717, 1.165) is 16.7 Å². The monoisotopic (exact) mass is 384 g/mol. The summed E-state index contributed by atoms with van der Waals surface area (Å²) in [6.07, 6.45) is 1.46. The Bertz CT molecular complexity index is 722. The number of aliphatic hydroxyl groups is 1. The second-order valence-electron chi connectivity index (χ2n) is 4.88. The molecule has 0 spiro atoms. The van der Waals surface area contributed by atoms with E-state index < -0.39 is 16.1 Å². The van der Waals surface area contributed by atoms with Crippen molar-refractivity contribution in [3.8, 4) is 0 Å². The number of hydrogen-bond acceptors (Lipinski definition) is 8. The van der Waals surface area contributed by atoms with Gasteiger partial charge in [0.25, 0.3) is 16.8 Å². The zero-order chi connectivity index (χ0) is 18.4. The lowest BCUT2D eigenvalue weighted by molar-refractivity contribution is -0.387. The van der Waals surface area contributed by atoms with Crippen LogP contribution in [0.1, 0.15) is 5.56 Å². The molecular formula is C15H16N2O6S2. The second-order valence-corrected chi connectivity index (χ2v) is 7.01. The number of nitrogens with zero attached hydrogens (tertiary/aromatic N) is 2. The maximum absolute atomic E-state index is 12.2. The molecule has 0 aliphatic carbocycles. The van der Waals surface area contributed by atoms with Gasteiger partial charge < -0.3 is 9.84 Å². The first-order valence-corrected chi connectivity index (χ1v) is 9.04. The molecule has 25 heavy (non-hydrogen) atoms. The molecule has 1 aliphatic heterocycles. The lowest BCUT2D eigenvalue weighted by Crippen LogP contribution is -2.31. The van der Waals surface area contributed by atoms with Crippen molar-refractivity contribution in [2.24, 2.45) is 0 Å². The molecule has 134 valence electrons. The number of carbonyl (C=O) groups is 2. The van der Waals surface area contributed by atoms with Crippen LogP contribution >= 0.6 is 23.5 Å². The predicted molar refractivity (Wildman–Crippen MR) is 95.5 cm³/mol. The fourth-order valence-corrected chi connectivity index (χ4v) is 3.69. The molecule has 0 bridgehead atoms. The molecule has 0 aromatic heterocycles. The highest BCUT2D eigenvalue weighted by molar-refractivity contribution is 8.18. The number of ether oxygens (including phenoxy) is 1. The molecule has 1 saturated heterocycles. The number of amides is 2. The molecule has 0 unspecified atom stereocenters. The van der Waals surface area contributed by atoms with Crippen molar-refractivity contribution >= 4 is 46.4 Å². The van der Waals surface area contributed by atoms with Crippen molar-refractivity contribution in [2.45, 2.75) is 4.90 Å². The standard InChI is InChI=1S/C15H16N2O6S2/c1-23-6-4-16-14(19)13(25-15(16)20)9-10-2-3-12(24-7-5-18)11(8-10)17(21)22/h2-3,8-9,18H,4-7H2,1H3. The van der Waals surface area contributed by atoms with Gasteiger partial charge in [0.1, 0.15) is 0 Å². The fourth-order valence-electron chi connectivity index (χ4n) is 2.07. The van der Waals surface area contributed by atoms with Crippen molar-refractivity contribution in [3.05, 3.63) is 38.8 Å². The van der Waals surface area contributed by atoms with E-state index in [1.807, 2.05) is 0 Å². The van der Waals surface area contributed by atoms with Crippen LogP contribution in [0.3, 0.4) is 0 Å². The lowest BCUT2D eigenvalue weighted by atomic mass is 10.2. The van der Waals surface area contributed by atoms with E-state index in [1.54, 1.807) is 12.1 Å². The molecule has 2 amide bonds. The summed E-state index contributed by atoms with van der Waals surface area (Å²) in [5.41, 5.74) is 0.350. The molecule has 1 aromatic carbocycles. The van der Waals surface area contributed by atoms with Crippen molar-refractivity contribution in [2.75, 3.05) is 32.6 Å². The molecule has 0 saturated carbocycles. The van der Waals surface area contributed by atoms with E-state index in [1.165, 1.54) is 31.0 Å². The van der Waals surface area contributed by atoms with Crippen LogP contribution in [0.15, 0.2) is 28.0 Å². The summed E-state index contributed by atoms with van der Waals surface area (Å²) in [6, 6.07) is 4.55. The van der Waals surface area contributed by atoms with Crippen LogP contribution in [-0.4, -0.2) is 58.7 Å². The van der Waals surface area contributed by atoms with Gasteiger partial charge in [0.2, 0.25) is 0 Å². The smallest absolute Gasteiger partial charge is 0.293 e. The summed E-state index contributed by atoms with van der Waals surface area (Å²) in [5.74, 6) is -0.0908. The number of imide groups is 1. The van der Waals surface area contributed by atoms with Gasteiger partial charge in [0.15, 0.2) is 0 Å². The summed E-state index contributed by atoms with van der Waals surface area (Å²) < 4.78 is 4.87. The van der Waals surface area contributed by atoms with E-state index in [2.05, 4.69) is 0 Å². The maximum Gasteiger partial charge on any atom is 0.293 e. The van der Waals surface area contributed by atoms with Crippen LogP contribution in [0.5, 0.6) is 0 Å². The van der Waals surface area contributed by atoms with Gasteiger partial charge in [-0.2, -0.15) is 0 Å². The van der Waals surface area contributed by atoms with Gasteiger partial charge in [0, 0.05) is 18.9 Å². The third-order valence-electron chi connectivity index (χ3n) is 3.22. The number of aliphatic hydroxyl groups excluding tert-OH is 1. The van der Waals surface area contributed by atoms with Gasteiger partial charge in [0.05, 0.1) is 34.5 Å². The summed E-state index contributed by atoms with van der Waals surface area (Å²) in [7, 11) is 1.48. The van der Waals surface area contributed by atoms with Crippen LogP contribution in [0, 0.1) is 10.1 Å². The zero-order valence-electron chi connectivity index (χ0n) is 13.3. The van der Waals surface area contributed by atoms with Crippen LogP contribution in [0.4, 0.5) is 10.5 Å². The molecule has 1 heterocycles. The number of carbonyl (C=O) groups excluding carboxylic acids is 2. The van der Waals surface area contributed by atoms with Crippen LogP contribution in [0.2, 0.25) is 0 Å². The van der Waals surface area contributed by atoms with E-state index in [0.29, 0.717) is 16.2 Å². The first-order chi connectivity index (χ1) is 12.0. The van der Waals surface area contributed by atoms with E-state index in [9.17, 15) is 19.7 Å². The van der Waals surface area contributed by atoms with E-state index in [4.69, 9.17) is 9.84 Å². The highest BCUT2D eigenvalue weighted by Crippen LogP contribution is 2.34. The Labute approximate surface area is 152 Å². The molecule has 0 atom stereocenters. The number of nitro groups is 1. The Morgan fingerprint density at radius 1 is 1.44 bits per heavy atom. The quantitative estimate of drug-likeness (QED) is 0.315. The minimum absolute atomic E-state index is 0.0851. The Morgan fingerprint density at radius 3 is 2.84 bits per heavy atom. The van der Waals surface area contributed by atoms with Gasteiger partial charge in [-0.15, -0.1) is 11.8 Å². The van der Waals surface area contributed by atoms with Crippen LogP contribution in [-0.2, 0) is 9.53 Å². The normalized spacial score (nSPS) is 16.1. The number of hydrogen-bond donors (Lipinski definition) is 1. The molecule has 2 rings (SSSR count). The molecule has 8 nitrogen and oxygen atoms in total. The zero-order valence-corrected chi connectivity index (χ0v) is 15.0. The van der Waals surface area contributed by atoms with Crippen LogP contribution < -0.4 is 0 Å². The highest BCUT2D eigenvalue weighted by Gasteiger charge is 2.34. The molecule has 1 aliphatic rings. The lowest BCUT2D eigenvalue weighted by Gasteiger charge is -2.10. The number of nitro benzene ring substituents is 1. The topological polar surface area (TPSA) is 110 Å². The summed E-state index contributed by atoms with van der Waals surface area (Å²) in [4.78, 5) is 36.6. The summed E-state index contributed by atoms with van der Waals surface area (Å²) >= 11 is 1.97. The average molecular weight is 384 g/mol. The molecule has 1 fully saturated rings. The highest BCUT2D eigenvalue weighted by atomic mass is 32.2. The molecular weight excluding hydrogens is 368 g/mol. The van der Waals surface area contributed by atoms with E-state index in [-0.39, 0.29) is 30.4 Å². The average Bonchev–Trinajstić information content (AvgIpc) is 2.85. The SMILES string of the molecule is COCCN1C(=O)SC(=Cc2ccc(SCCO)c([N+](=O)[O-])c2)C1=O. The molecule has 1 N–H and O–H groups in total. The Morgan fingerprint density at radius 2 is 2.20 bits per heavy atom. The fraction of sp³-hybridized carbons (Fsp3) is 0.333. The van der Waals surface area contributed by atoms with Crippen LogP contribution in [0.25, 0.3) is 6.08 Å². The second kappa shape index (κ2) is 8.99. The Balaban J connectivity index is 2.25.